The van der Waals surface area contributed by atoms with Gasteiger partial charge in [-0.2, -0.15) is 0 Å². The van der Waals surface area contributed by atoms with Crippen LogP contribution in [0.2, 0.25) is 0 Å². The van der Waals surface area contributed by atoms with Crippen LogP contribution in [-0.4, -0.2) is 44.6 Å². The molecule has 0 bridgehead atoms. The van der Waals surface area contributed by atoms with Crippen molar-refractivity contribution in [2.75, 3.05) is 20.3 Å². The molecular weight excluding hydrogens is 244 g/mol. The van der Waals surface area contributed by atoms with Gasteiger partial charge in [-0.05, 0) is 6.92 Å². The zero-order valence-corrected chi connectivity index (χ0v) is 11.4. The SMILES string of the molecule is CCn1cnnc1Cn1cncc1CNCCOC. The van der Waals surface area contributed by atoms with E-state index in [1.54, 1.807) is 13.4 Å². The molecule has 0 spiro atoms. The second-order valence-electron chi connectivity index (χ2n) is 4.22. The maximum Gasteiger partial charge on any atom is 0.152 e. The largest absolute Gasteiger partial charge is 0.383 e. The molecular formula is C12H20N6O. The fourth-order valence-corrected chi connectivity index (χ4v) is 1.85. The summed E-state index contributed by atoms with van der Waals surface area (Å²) in [6.45, 7) is 5.94. The molecule has 0 aliphatic rings. The third-order valence-corrected chi connectivity index (χ3v) is 2.94. The van der Waals surface area contributed by atoms with Crippen LogP contribution >= 0.6 is 0 Å². The van der Waals surface area contributed by atoms with Crippen LogP contribution < -0.4 is 5.32 Å². The van der Waals surface area contributed by atoms with Crippen molar-refractivity contribution in [1.82, 2.24) is 29.6 Å². The van der Waals surface area contributed by atoms with E-state index in [1.165, 1.54) is 0 Å². The van der Waals surface area contributed by atoms with Crippen molar-refractivity contribution in [2.45, 2.75) is 26.6 Å². The number of hydrogen-bond donors (Lipinski definition) is 1. The van der Waals surface area contributed by atoms with Crippen molar-refractivity contribution in [3.05, 3.63) is 30.4 Å². The van der Waals surface area contributed by atoms with Gasteiger partial charge < -0.3 is 19.2 Å². The molecule has 0 fully saturated rings. The molecule has 2 heterocycles. The first-order valence-electron chi connectivity index (χ1n) is 6.40. The van der Waals surface area contributed by atoms with Crippen LogP contribution in [0.1, 0.15) is 18.4 Å². The maximum atomic E-state index is 5.00. The van der Waals surface area contributed by atoms with E-state index in [2.05, 4.69) is 32.0 Å². The average Bonchev–Trinajstić information content (AvgIpc) is 3.04. The Morgan fingerprint density at radius 2 is 2.21 bits per heavy atom. The van der Waals surface area contributed by atoms with Crippen LogP contribution in [0.4, 0.5) is 0 Å². The first kappa shape index (κ1) is 13.7. The van der Waals surface area contributed by atoms with E-state index >= 15 is 0 Å². The molecule has 104 valence electrons. The van der Waals surface area contributed by atoms with Crippen molar-refractivity contribution < 1.29 is 4.74 Å². The van der Waals surface area contributed by atoms with Gasteiger partial charge in [0.05, 0.1) is 25.2 Å². The van der Waals surface area contributed by atoms with Crippen molar-refractivity contribution in [3.8, 4) is 0 Å². The topological polar surface area (TPSA) is 69.8 Å². The number of aryl methyl sites for hydroxylation is 1. The zero-order chi connectivity index (χ0) is 13.5. The van der Waals surface area contributed by atoms with Gasteiger partial charge in [0.2, 0.25) is 0 Å². The third-order valence-electron chi connectivity index (χ3n) is 2.94. The summed E-state index contributed by atoms with van der Waals surface area (Å²) >= 11 is 0. The highest BCUT2D eigenvalue weighted by Gasteiger charge is 2.07. The minimum atomic E-state index is 0.690. The Morgan fingerprint density at radius 1 is 1.32 bits per heavy atom. The van der Waals surface area contributed by atoms with Gasteiger partial charge >= 0.3 is 0 Å². The smallest absolute Gasteiger partial charge is 0.152 e. The van der Waals surface area contributed by atoms with E-state index in [0.29, 0.717) is 13.2 Å². The normalized spacial score (nSPS) is 11.1. The van der Waals surface area contributed by atoms with Crippen molar-refractivity contribution in [3.63, 3.8) is 0 Å². The van der Waals surface area contributed by atoms with Gasteiger partial charge in [0.25, 0.3) is 0 Å². The van der Waals surface area contributed by atoms with Crippen LogP contribution in [0.3, 0.4) is 0 Å². The minimum absolute atomic E-state index is 0.690. The highest BCUT2D eigenvalue weighted by molar-refractivity contribution is 5.01. The summed E-state index contributed by atoms with van der Waals surface area (Å²) in [5.41, 5.74) is 1.13. The molecule has 0 amide bonds. The Balaban J connectivity index is 1.95. The number of nitrogens with zero attached hydrogens (tertiary/aromatic N) is 5. The van der Waals surface area contributed by atoms with Gasteiger partial charge in [-0.25, -0.2) is 4.98 Å². The lowest BCUT2D eigenvalue weighted by Crippen LogP contribution is -2.21. The molecule has 2 aromatic rings. The van der Waals surface area contributed by atoms with Crippen molar-refractivity contribution in [1.29, 1.82) is 0 Å². The van der Waals surface area contributed by atoms with Gasteiger partial charge in [-0.15, -0.1) is 10.2 Å². The summed E-state index contributed by atoms with van der Waals surface area (Å²) in [5, 5.41) is 11.4. The molecule has 7 nitrogen and oxygen atoms in total. The van der Waals surface area contributed by atoms with Crippen molar-refractivity contribution in [2.24, 2.45) is 0 Å². The number of rotatable bonds is 8. The fourth-order valence-electron chi connectivity index (χ4n) is 1.85. The van der Waals surface area contributed by atoms with Crippen molar-refractivity contribution >= 4 is 0 Å². The quantitative estimate of drug-likeness (QED) is 0.693. The molecule has 0 radical (unpaired) electrons. The Hall–Kier alpha value is -1.73. The lowest BCUT2D eigenvalue weighted by atomic mass is 10.4. The lowest BCUT2D eigenvalue weighted by Gasteiger charge is -2.09. The Bertz CT molecular complexity index is 492. The predicted octanol–water partition coefficient (Wildman–Crippen LogP) is 0.279. The molecule has 0 aromatic carbocycles. The van der Waals surface area contributed by atoms with Gasteiger partial charge in [0.15, 0.2) is 5.82 Å². The number of nitrogens with one attached hydrogen (secondary N) is 1. The molecule has 7 heteroatoms. The molecule has 1 N–H and O–H groups in total. The minimum Gasteiger partial charge on any atom is -0.383 e. The van der Waals surface area contributed by atoms with Gasteiger partial charge in [-0.3, -0.25) is 0 Å². The molecule has 2 aromatic heterocycles. The van der Waals surface area contributed by atoms with Gasteiger partial charge in [0.1, 0.15) is 6.33 Å². The summed E-state index contributed by atoms with van der Waals surface area (Å²) in [4.78, 5) is 4.19. The second-order valence-corrected chi connectivity index (χ2v) is 4.22. The molecule has 0 aliphatic heterocycles. The van der Waals surface area contributed by atoms with E-state index in [9.17, 15) is 0 Å². The molecule has 0 aliphatic carbocycles. The Labute approximate surface area is 112 Å². The summed E-state index contributed by atoms with van der Waals surface area (Å²) in [5.74, 6) is 0.943. The number of aromatic nitrogens is 5. The van der Waals surface area contributed by atoms with Crippen LogP contribution in [0.5, 0.6) is 0 Å². The van der Waals surface area contributed by atoms with Crippen LogP contribution in [0.25, 0.3) is 0 Å². The highest BCUT2D eigenvalue weighted by Crippen LogP contribution is 2.04. The molecule has 19 heavy (non-hydrogen) atoms. The molecule has 0 saturated heterocycles. The predicted molar refractivity (Wildman–Crippen MR) is 70.6 cm³/mol. The van der Waals surface area contributed by atoms with E-state index in [0.717, 1.165) is 31.2 Å². The summed E-state index contributed by atoms with van der Waals surface area (Å²) in [6, 6.07) is 0. The number of methoxy groups -OCH3 is 1. The standard InChI is InChI=1S/C12H20N6O/c1-3-17-10-15-16-12(17)8-18-9-14-7-11(18)6-13-4-5-19-2/h7,9-10,13H,3-6,8H2,1-2H3. The molecule has 0 unspecified atom stereocenters. The number of ether oxygens (including phenoxy) is 1. The molecule has 0 saturated carbocycles. The Morgan fingerprint density at radius 3 is 3.00 bits per heavy atom. The zero-order valence-electron chi connectivity index (χ0n) is 11.4. The first-order chi connectivity index (χ1) is 9.35. The second kappa shape index (κ2) is 7.01. The van der Waals surface area contributed by atoms with E-state index < -0.39 is 0 Å². The van der Waals surface area contributed by atoms with E-state index in [4.69, 9.17) is 4.74 Å². The van der Waals surface area contributed by atoms with Crippen LogP contribution in [0, 0.1) is 0 Å². The fraction of sp³-hybridized carbons (Fsp3) is 0.583. The highest BCUT2D eigenvalue weighted by atomic mass is 16.5. The van der Waals surface area contributed by atoms with E-state index in [1.807, 2.05) is 17.1 Å². The van der Waals surface area contributed by atoms with Gasteiger partial charge in [0, 0.05) is 32.9 Å². The summed E-state index contributed by atoms with van der Waals surface area (Å²) < 4.78 is 9.11. The monoisotopic (exact) mass is 264 g/mol. The first-order valence-corrected chi connectivity index (χ1v) is 6.40. The maximum absolute atomic E-state index is 5.00. The van der Waals surface area contributed by atoms with Crippen LogP contribution in [-0.2, 0) is 24.4 Å². The molecule has 0 atom stereocenters. The molecule has 2 rings (SSSR count). The number of imidazole rings is 1. The average molecular weight is 264 g/mol. The van der Waals surface area contributed by atoms with E-state index in [-0.39, 0.29) is 0 Å². The lowest BCUT2D eigenvalue weighted by molar-refractivity contribution is 0.199. The third kappa shape index (κ3) is 3.62. The Kier molecular flexibility index (Phi) is 5.05. The van der Waals surface area contributed by atoms with Crippen LogP contribution in [0.15, 0.2) is 18.9 Å². The summed E-state index contributed by atoms with van der Waals surface area (Å²) in [6.07, 6.45) is 5.44. The van der Waals surface area contributed by atoms with Gasteiger partial charge in [-0.1, -0.05) is 0 Å². The number of hydrogen-bond acceptors (Lipinski definition) is 5. The summed E-state index contributed by atoms with van der Waals surface area (Å²) in [7, 11) is 1.70.